The molecule has 6 nitrogen and oxygen atoms in total. The zero-order valence-electron chi connectivity index (χ0n) is 14.0. The van der Waals surface area contributed by atoms with Crippen LogP contribution in [0.2, 0.25) is 0 Å². The number of aromatic nitrogens is 2. The molecular weight excluding hydrogens is 323 g/mol. The number of para-hydroxylation sites is 1. The maximum absolute atomic E-state index is 13.8. The summed E-state index contributed by atoms with van der Waals surface area (Å²) in [4.78, 5) is 12.4. The van der Waals surface area contributed by atoms with Gasteiger partial charge in [0.1, 0.15) is 5.82 Å². The Balaban J connectivity index is 1.46. The van der Waals surface area contributed by atoms with Gasteiger partial charge in [-0.05, 0) is 31.7 Å². The summed E-state index contributed by atoms with van der Waals surface area (Å²) < 4.78 is 21.1. The first-order valence-corrected chi connectivity index (χ1v) is 8.65. The molecule has 7 heteroatoms. The number of urea groups is 1. The molecule has 0 saturated heterocycles. The summed E-state index contributed by atoms with van der Waals surface area (Å²) in [5.74, 6) is 1.13. The van der Waals surface area contributed by atoms with Gasteiger partial charge >= 0.3 is 6.03 Å². The van der Waals surface area contributed by atoms with Gasteiger partial charge in [-0.15, -0.1) is 0 Å². The van der Waals surface area contributed by atoms with E-state index in [-0.39, 0.29) is 23.9 Å². The zero-order chi connectivity index (χ0) is 17.4. The minimum Gasteiger partial charge on any atom is -0.490 e. The highest BCUT2D eigenvalue weighted by Gasteiger charge is 2.31. The van der Waals surface area contributed by atoms with Crippen molar-refractivity contribution in [2.45, 2.75) is 38.3 Å². The smallest absolute Gasteiger partial charge is 0.320 e. The summed E-state index contributed by atoms with van der Waals surface area (Å²) in [7, 11) is 0. The number of nitrogens with zero attached hydrogens (tertiary/aromatic N) is 2. The lowest BCUT2D eigenvalue weighted by molar-refractivity contribution is 0.227. The van der Waals surface area contributed by atoms with E-state index in [0.717, 1.165) is 0 Å². The van der Waals surface area contributed by atoms with Crippen molar-refractivity contribution >= 4 is 11.8 Å². The van der Waals surface area contributed by atoms with Crippen molar-refractivity contribution in [3.05, 3.63) is 41.8 Å². The molecule has 2 heterocycles. The lowest BCUT2D eigenvalue weighted by atomic mass is 10.0. The van der Waals surface area contributed by atoms with E-state index in [1.165, 1.54) is 18.9 Å². The molecule has 2 aromatic rings. The summed E-state index contributed by atoms with van der Waals surface area (Å²) in [6.07, 6.45) is 4.70. The second-order valence-electron chi connectivity index (χ2n) is 6.69. The van der Waals surface area contributed by atoms with Gasteiger partial charge in [-0.25, -0.2) is 13.9 Å². The number of carbonyl (C=O) groups excluding carboxylic acids is 1. The fourth-order valence-corrected chi connectivity index (χ4v) is 3.36. The Bertz CT molecular complexity index is 787. The molecule has 25 heavy (non-hydrogen) atoms. The van der Waals surface area contributed by atoms with Crippen molar-refractivity contribution in [2.24, 2.45) is 5.92 Å². The fourth-order valence-electron chi connectivity index (χ4n) is 3.36. The molecule has 1 aromatic carbocycles. The van der Waals surface area contributed by atoms with Crippen molar-refractivity contribution in [2.75, 3.05) is 11.9 Å². The number of hydrogen-bond donors (Lipinski definition) is 2. The standard InChI is InChI=1S/C18H21FN4O2/c1-11(12-5-6-12)23-16(7-9-20-23)22-18(24)21-15-8-10-25-17-13(15)3-2-4-14(17)19/h2-4,7,9,11-12,15H,5-6,8,10H2,1H3,(H2,21,22,24)/t11-,15-/m0/s1. The molecule has 0 spiro atoms. The van der Waals surface area contributed by atoms with E-state index in [9.17, 15) is 9.18 Å². The second kappa shape index (κ2) is 6.38. The molecule has 2 atom stereocenters. The molecule has 0 radical (unpaired) electrons. The van der Waals surface area contributed by atoms with Crippen LogP contribution in [0.15, 0.2) is 30.5 Å². The Hall–Kier alpha value is -2.57. The van der Waals surface area contributed by atoms with Gasteiger partial charge in [0.25, 0.3) is 0 Å². The Morgan fingerprint density at radius 1 is 1.36 bits per heavy atom. The number of hydrogen-bond acceptors (Lipinski definition) is 3. The van der Waals surface area contributed by atoms with Crippen molar-refractivity contribution in [3.63, 3.8) is 0 Å². The van der Waals surface area contributed by atoms with Crippen LogP contribution < -0.4 is 15.4 Å². The maximum atomic E-state index is 13.8. The second-order valence-corrected chi connectivity index (χ2v) is 6.69. The van der Waals surface area contributed by atoms with Gasteiger partial charge in [-0.3, -0.25) is 5.32 Å². The molecule has 4 rings (SSSR count). The number of ether oxygens (including phenoxy) is 1. The third-order valence-corrected chi connectivity index (χ3v) is 4.93. The van der Waals surface area contributed by atoms with Gasteiger partial charge in [0.05, 0.1) is 24.9 Å². The molecule has 1 fully saturated rings. The van der Waals surface area contributed by atoms with E-state index in [1.54, 1.807) is 24.4 Å². The average Bonchev–Trinajstić information content (AvgIpc) is 3.35. The van der Waals surface area contributed by atoms with Crippen molar-refractivity contribution in [1.29, 1.82) is 0 Å². The normalized spacial score (nSPS) is 20.3. The van der Waals surface area contributed by atoms with E-state index in [4.69, 9.17) is 4.74 Å². The Morgan fingerprint density at radius 3 is 3.00 bits per heavy atom. The summed E-state index contributed by atoms with van der Waals surface area (Å²) in [5, 5.41) is 10.1. The number of halogens is 1. The number of fused-ring (bicyclic) bond motifs is 1. The number of carbonyl (C=O) groups is 1. The van der Waals surface area contributed by atoms with Crippen molar-refractivity contribution < 1.29 is 13.9 Å². The van der Waals surface area contributed by atoms with Gasteiger partial charge in [-0.2, -0.15) is 5.10 Å². The van der Waals surface area contributed by atoms with Crippen LogP contribution in [0.4, 0.5) is 15.0 Å². The molecule has 0 unspecified atom stereocenters. The molecule has 2 amide bonds. The molecule has 1 aliphatic heterocycles. The summed E-state index contributed by atoms with van der Waals surface area (Å²) in [6.45, 7) is 2.49. The number of anilines is 1. The van der Waals surface area contributed by atoms with E-state index in [1.807, 2.05) is 4.68 Å². The maximum Gasteiger partial charge on any atom is 0.320 e. The van der Waals surface area contributed by atoms with Crippen LogP contribution in [0, 0.1) is 11.7 Å². The first-order valence-electron chi connectivity index (χ1n) is 8.65. The minimum absolute atomic E-state index is 0.228. The van der Waals surface area contributed by atoms with Crippen LogP contribution in [-0.2, 0) is 0 Å². The summed E-state index contributed by atoms with van der Waals surface area (Å²) in [6, 6.07) is 6.21. The van der Waals surface area contributed by atoms with E-state index in [0.29, 0.717) is 30.3 Å². The lowest BCUT2D eigenvalue weighted by Gasteiger charge is -2.27. The largest absolute Gasteiger partial charge is 0.490 e. The van der Waals surface area contributed by atoms with Gasteiger partial charge in [0, 0.05) is 18.1 Å². The van der Waals surface area contributed by atoms with Gasteiger partial charge in [0.15, 0.2) is 11.6 Å². The Kier molecular flexibility index (Phi) is 4.07. The zero-order valence-corrected chi connectivity index (χ0v) is 14.0. The molecule has 1 aromatic heterocycles. The third-order valence-electron chi connectivity index (χ3n) is 4.93. The summed E-state index contributed by atoms with van der Waals surface area (Å²) >= 11 is 0. The van der Waals surface area contributed by atoms with Crippen LogP contribution in [0.25, 0.3) is 0 Å². The monoisotopic (exact) mass is 344 g/mol. The highest BCUT2D eigenvalue weighted by atomic mass is 19.1. The molecule has 0 bridgehead atoms. The van der Waals surface area contributed by atoms with E-state index in [2.05, 4.69) is 22.7 Å². The van der Waals surface area contributed by atoms with Crippen LogP contribution in [0.5, 0.6) is 5.75 Å². The van der Waals surface area contributed by atoms with Gasteiger partial charge in [-0.1, -0.05) is 12.1 Å². The number of rotatable bonds is 4. The first-order chi connectivity index (χ1) is 12.1. The average molecular weight is 344 g/mol. The first kappa shape index (κ1) is 15.9. The van der Waals surface area contributed by atoms with Crippen LogP contribution in [-0.4, -0.2) is 22.4 Å². The van der Waals surface area contributed by atoms with Crippen LogP contribution >= 0.6 is 0 Å². The quantitative estimate of drug-likeness (QED) is 0.890. The van der Waals surface area contributed by atoms with Gasteiger partial charge in [0.2, 0.25) is 0 Å². The molecule has 2 N–H and O–H groups in total. The summed E-state index contributed by atoms with van der Waals surface area (Å²) in [5.41, 5.74) is 0.668. The van der Waals surface area contributed by atoms with E-state index < -0.39 is 5.82 Å². The van der Waals surface area contributed by atoms with Crippen molar-refractivity contribution in [3.8, 4) is 5.75 Å². The molecular formula is C18H21FN4O2. The highest BCUT2D eigenvalue weighted by Crippen LogP contribution is 2.40. The number of benzene rings is 1. The van der Waals surface area contributed by atoms with Crippen LogP contribution in [0.1, 0.15) is 43.8 Å². The molecule has 2 aliphatic rings. The molecule has 1 aliphatic carbocycles. The fraction of sp³-hybridized carbons (Fsp3) is 0.444. The predicted molar refractivity (Wildman–Crippen MR) is 91.1 cm³/mol. The van der Waals surface area contributed by atoms with Crippen LogP contribution in [0.3, 0.4) is 0 Å². The Labute approximate surface area is 145 Å². The lowest BCUT2D eigenvalue weighted by Crippen LogP contribution is -2.36. The topological polar surface area (TPSA) is 68.2 Å². The molecule has 1 saturated carbocycles. The highest BCUT2D eigenvalue weighted by molar-refractivity contribution is 5.88. The van der Waals surface area contributed by atoms with Gasteiger partial charge < -0.3 is 10.1 Å². The molecule has 132 valence electrons. The predicted octanol–water partition coefficient (Wildman–Crippen LogP) is 3.64. The number of amides is 2. The van der Waals surface area contributed by atoms with Crippen molar-refractivity contribution in [1.82, 2.24) is 15.1 Å². The Morgan fingerprint density at radius 2 is 2.20 bits per heavy atom. The number of nitrogens with one attached hydrogen (secondary N) is 2. The minimum atomic E-state index is -0.402. The SMILES string of the molecule is C[C@@H](C1CC1)n1nccc1NC(=O)N[C@H]1CCOc2c(F)cccc21. The van der Waals surface area contributed by atoms with E-state index >= 15 is 0 Å². The third kappa shape index (κ3) is 3.18.